The van der Waals surface area contributed by atoms with Gasteiger partial charge in [0.25, 0.3) is 5.56 Å². The number of H-pyrrole nitrogens is 1. The molecule has 0 fully saturated rings. The van der Waals surface area contributed by atoms with E-state index in [0.29, 0.717) is 56.0 Å². The molecule has 0 amide bonds. The number of benzene rings is 3. The molecule has 1 N–H and O–H groups in total. The Morgan fingerprint density at radius 3 is 2.65 bits per heavy atom. The minimum Gasteiger partial charge on any atom is -0.267 e. The maximum Gasteiger partial charge on any atom is 0.273 e. The fourth-order valence-electron chi connectivity index (χ4n) is 4.59. The van der Waals surface area contributed by atoms with Crippen LogP contribution in [0.15, 0.2) is 47.4 Å². The summed E-state index contributed by atoms with van der Waals surface area (Å²) in [4.78, 5) is 12.4. The van der Waals surface area contributed by atoms with Gasteiger partial charge in [0.2, 0.25) is 0 Å². The van der Waals surface area contributed by atoms with E-state index >= 15 is 4.39 Å². The third-order valence-corrected chi connectivity index (χ3v) is 6.55. The summed E-state index contributed by atoms with van der Waals surface area (Å²) < 4.78 is 17.4. The third kappa shape index (κ3) is 3.11. The van der Waals surface area contributed by atoms with E-state index in [1.165, 1.54) is 0 Å². The summed E-state index contributed by atoms with van der Waals surface area (Å²) in [5, 5.41) is 23.7. The number of hydrogen-bond acceptors (Lipinski definition) is 4. The maximum absolute atomic E-state index is 15.8. The van der Waals surface area contributed by atoms with Crippen molar-refractivity contribution in [2.45, 2.75) is 20.3 Å². The molecular weight excluding hydrogens is 453 g/mol. The van der Waals surface area contributed by atoms with Gasteiger partial charge in [-0.2, -0.15) is 15.5 Å². The van der Waals surface area contributed by atoms with Crippen LogP contribution in [0.5, 0.6) is 0 Å². The third-order valence-electron chi connectivity index (χ3n) is 6.25. The van der Waals surface area contributed by atoms with Crippen LogP contribution in [0.4, 0.5) is 4.39 Å². The number of hydrogen-bond donors (Lipinski definition) is 1. The molecule has 0 aliphatic heterocycles. The monoisotopic (exact) mass is 471 g/mol. The Bertz CT molecular complexity index is 1730. The SMILES string of the molecule is CCc1n[nH]c(=O)c2c(Cl)cc(-c3cnn(C)c3-c3c(F)c(C)c4ccccc4c3C#N)cc12. The Balaban J connectivity index is 1.88. The van der Waals surface area contributed by atoms with Gasteiger partial charge < -0.3 is 0 Å². The van der Waals surface area contributed by atoms with Gasteiger partial charge in [-0.05, 0) is 42.0 Å². The van der Waals surface area contributed by atoms with E-state index in [9.17, 15) is 10.1 Å². The number of nitriles is 1. The molecule has 0 radical (unpaired) electrons. The predicted molar refractivity (Wildman–Crippen MR) is 131 cm³/mol. The Kier molecular flexibility index (Phi) is 5.18. The van der Waals surface area contributed by atoms with Crippen LogP contribution in [0.1, 0.15) is 23.7 Å². The molecule has 8 heteroatoms. The lowest BCUT2D eigenvalue weighted by Crippen LogP contribution is -2.11. The van der Waals surface area contributed by atoms with Gasteiger partial charge in [0, 0.05) is 23.4 Å². The second-order valence-electron chi connectivity index (χ2n) is 8.11. The van der Waals surface area contributed by atoms with Crippen molar-refractivity contribution >= 4 is 33.1 Å². The fraction of sp³-hybridized carbons (Fsp3) is 0.154. The number of fused-ring (bicyclic) bond motifs is 2. The van der Waals surface area contributed by atoms with Crippen LogP contribution in [-0.2, 0) is 13.5 Å². The minimum absolute atomic E-state index is 0.185. The first-order valence-corrected chi connectivity index (χ1v) is 11.1. The number of aryl methyl sites for hydroxylation is 3. The highest BCUT2D eigenvalue weighted by molar-refractivity contribution is 6.36. The largest absolute Gasteiger partial charge is 0.273 e. The highest BCUT2D eigenvalue weighted by Gasteiger charge is 2.25. The molecule has 0 aliphatic rings. The summed E-state index contributed by atoms with van der Waals surface area (Å²) in [5.74, 6) is -0.473. The lowest BCUT2D eigenvalue weighted by atomic mass is 9.90. The topological polar surface area (TPSA) is 87.4 Å². The second-order valence-corrected chi connectivity index (χ2v) is 8.52. The summed E-state index contributed by atoms with van der Waals surface area (Å²) in [6.45, 7) is 3.64. The zero-order valence-electron chi connectivity index (χ0n) is 18.7. The molecule has 0 bridgehead atoms. The Morgan fingerprint density at radius 1 is 1.21 bits per heavy atom. The Hall–Kier alpha value is -4.02. The van der Waals surface area contributed by atoms with E-state index in [1.54, 1.807) is 30.9 Å². The zero-order chi connectivity index (χ0) is 24.1. The standard InChI is InChI=1S/C26H19ClFN5O/c1-4-21-17-9-14(10-20(27)22(17)26(34)32-31-21)19-12-30-33(3)25(19)23-18(11-29)16-8-6-5-7-15(16)13(2)24(23)28/h5-10,12H,4H2,1-3H3,(H,32,34). The van der Waals surface area contributed by atoms with Gasteiger partial charge in [0.15, 0.2) is 0 Å². The van der Waals surface area contributed by atoms with Crippen molar-refractivity contribution in [1.29, 1.82) is 5.26 Å². The van der Waals surface area contributed by atoms with E-state index in [1.807, 2.05) is 37.3 Å². The van der Waals surface area contributed by atoms with Crippen molar-refractivity contribution in [1.82, 2.24) is 20.0 Å². The van der Waals surface area contributed by atoms with Crippen molar-refractivity contribution in [3.63, 3.8) is 0 Å². The van der Waals surface area contributed by atoms with Gasteiger partial charge in [-0.3, -0.25) is 9.48 Å². The molecular formula is C26H19ClFN5O. The highest BCUT2D eigenvalue weighted by atomic mass is 35.5. The van der Waals surface area contributed by atoms with Gasteiger partial charge in [0.05, 0.1) is 39.1 Å². The summed E-state index contributed by atoms with van der Waals surface area (Å²) in [6.07, 6.45) is 2.20. The molecule has 2 heterocycles. The number of halogens is 2. The fourth-order valence-corrected chi connectivity index (χ4v) is 4.89. The molecule has 0 unspecified atom stereocenters. The first-order chi connectivity index (χ1) is 16.4. The highest BCUT2D eigenvalue weighted by Crippen LogP contribution is 2.41. The molecule has 5 rings (SSSR count). The maximum atomic E-state index is 15.8. The minimum atomic E-state index is -0.473. The first-order valence-electron chi connectivity index (χ1n) is 10.7. The summed E-state index contributed by atoms with van der Waals surface area (Å²) >= 11 is 6.54. The molecule has 5 aromatic rings. The molecule has 2 aromatic heterocycles. The number of nitrogens with one attached hydrogen (secondary N) is 1. The lowest BCUT2D eigenvalue weighted by Gasteiger charge is -2.15. The normalized spacial score (nSPS) is 11.3. The number of rotatable bonds is 3. The predicted octanol–water partition coefficient (Wildman–Crippen LogP) is 5.68. The second kappa shape index (κ2) is 8.08. The average molecular weight is 472 g/mol. The van der Waals surface area contributed by atoms with Gasteiger partial charge in [-0.1, -0.05) is 42.8 Å². The Morgan fingerprint density at radius 2 is 1.94 bits per heavy atom. The number of aromatic amines is 1. The van der Waals surface area contributed by atoms with E-state index < -0.39 is 5.82 Å². The lowest BCUT2D eigenvalue weighted by molar-refractivity contribution is 0.621. The summed E-state index contributed by atoms with van der Waals surface area (Å²) in [7, 11) is 1.70. The van der Waals surface area contributed by atoms with Crippen molar-refractivity contribution in [3.8, 4) is 28.5 Å². The van der Waals surface area contributed by atoms with Gasteiger partial charge >= 0.3 is 0 Å². The molecule has 0 saturated heterocycles. The van der Waals surface area contributed by atoms with Gasteiger partial charge in [-0.25, -0.2) is 9.49 Å². The van der Waals surface area contributed by atoms with Crippen LogP contribution in [0, 0.1) is 24.1 Å². The van der Waals surface area contributed by atoms with Crippen LogP contribution in [-0.4, -0.2) is 20.0 Å². The zero-order valence-corrected chi connectivity index (χ0v) is 19.5. The molecule has 3 aromatic carbocycles. The van der Waals surface area contributed by atoms with Crippen molar-refractivity contribution < 1.29 is 4.39 Å². The smallest absolute Gasteiger partial charge is 0.267 e. The first kappa shape index (κ1) is 21.8. The van der Waals surface area contributed by atoms with Crippen LogP contribution in [0.3, 0.4) is 0 Å². The van der Waals surface area contributed by atoms with Crippen molar-refractivity contribution in [2.24, 2.45) is 7.05 Å². The van der Waals surface area contributed by atoms with E-state index in [2.05, 4.69) is 21.4 Å². The molecule has 0 spiro atoms. The molecule has 0 aliphatic carbocycles. The molecule has 0 saturated carbocycles. The summed E-state index contributed by atoms with van der Waals surface area (Å²) in [5.41, 5.74) is 2.89. The van der Waals surface area contributed by atoms with E-state index in [-0.39, 0.29) is 21.7 Å². The van der Waals surface area contributed by atoms with Gasteiger partial charge in [-0.15, -0.1) is 0 Å². The van der Waals surface area contributed by atoms with Crippen molar-refractivity contribution in [3.05, 3.63) is 80.6 Å². The number of nitrogens with zero attached hydrogens (tertiary/aromatic N) is 4. The summed E-state index contributed by atoms with van der Waals surface area (Å²) in [6, 6.07) is 13.0. The molecule has 34 heavy (non-hydrogen) atoms. The van der Waals surface area contributed by atoms with Crippen LogP contribution >= 0.6 is 11.6 Å². The average Bonchev–Trinajstić information content (AvgIpc) is 3.22. The van der Waals surface area contributed by atoms with Crippen LogP contribution < -0.4 is 5.56 Å². The van der Waals surface area contributed by atoms with E-state index in [0.717, 1.165) is 0 Å². The number of aromatic nitrogens is 4. The van der Waals surface area contributed by atoms with E-state index in [4.69, 9.17) is 11.6 Å². The van der Waals surface area contributed by atoms with Crippen LogP contribution in [0.2, 0.25) is 5.02 Å². The Labute approximate surface area is 199 Å². The van der Waals surface area contributed by atoms with Crippen molar-refractivity contribution in [2.75, 3.05) is 0 Å². The molecule has 168 valence electrons. The molecule has 6 nitrogen and oxygen atoms in total. The quantitative estimate of drug-likeness (QED) is 0.366. The van der Waals surface area contributed by atoms with Gasteiger partial charge in [0.1, 0.15) is 11.9 Å². The van der Waals surface area contributed by atoms with Crippen LogP contribution in [0.25, 0.3) is 43.9 Å². The molecule has 0 atom stereocenters.